The zero-order valence-corrected chi connectivity index (χ0v) is 27.7. The van der Waals surface area contributed by atoms with Crippen molar-refractivity contribution >= 4 is 54.3 Å². The molecule has 0 atom stereocenters. The molecule has 1 heteroatoms. The molecule has 0 saturated carbocycles. The summed E-state index contributed by atoms with van der Waals surface area (Å²) in [6.07, 6.45) is -0.845. The number of benzene rings is 9. The lowest BCUT2D eigenvalue weighted by Crippen LogP contribution is -2.16. The molecule has 1 aromatic heterocycles. The molecule has 0 bridgehead atoms. The van der Waals surface area contributed by atoms with Gasteiger partial charge in [-0.2, -0.15) is 0 Å². The Morgan fingerprint density at radius 3 is 2.00 bits per heavy atom. The second kappa shape index (κ2) is 11.3. The average molecular weight is 704 g/mol. The molecule has 0 N–H and O–H groups in total. The van der Waals surface area contributed by atoms with Gasteiger partial charge in [-0.05, 0) is 107 Å². The van der Waals surface area contributed by atoms with Gasteiger partial charge in [0.25, 0.3) is 0 Å². The van der Waals surface area contributed by atoms with Crippen molar-refractivity contribution in [1.82, 2.24) is 0 Å². The van der Waals surface area contributed by atoms with Crippen LogP contribution < -0.4 is 0 Å². The van der Waals surface area contributed by atoms with Crippen LogP contribution in [0.3, 0.4) is 0 Å². The van der Waals surface area contributed by atoms with Crippen LogP contribution in [0.1, 0.15) is 73.1 Å². The molecule has 1 aliphatic carbocycles. The smallest absolute Gasteiger partial charge is 0.143 e. The molecule has 0 spiro atoms. The Balaban J connectivity index is 1.33. The summed E-state index contributed by atoms with van der Waals surface area (Å²) in [5.41, 5.74) is -5.52. The molecule has 1 aliphatic rings. The topological polar surface area (TPSA) is 13.1 Å². The van der Waals surface area contributed by atoms with Gasteiger partial charge in [0.2, 0.25) is 0 Å². The van der Waals surface area contributed by atoms with Crippen molar-refractivity contribution in [2.24, 2.45) is 0 Å². The molecule has 11 rings (SSSR count). The number of hydrogen-bond donors (Lipinski definition) is 0. The van der Waals surface area contributed by atoms with E-state index in [4.69, 9.17) is 27.7 Å². The third kappa shape index (κ3) is 4.38. The van der Waals surface area contributed by atoms with E-state index in [1.165, 1.54) is 0 Å². The Morgan fingerprint density at radius 2 is 1.19 bits per heavy atom. The van der Waals surface area contributed by atoms with Crippen LogP contribution in [-0.4, -0.2) is 0 Å². The monoisotopic (exact) mass is 703 g/mol. The molecular formula is C52H36O. The first-order chi connectivity index (χ1) is 37.3. The van der Waals surface area contributed by atoms with Crippen molar-refractivity contribution in [3.8, 4) is 33.4 Å². The molecule has 0 saturated heterocycles. The van der Waals surface area contributed by atoms with Gasteiger partial charge in [0.15, 0.2) is 0 Å². The van der Waals surface area contributed by atoms with Gasteiger partial charge in [0.1, 0.15) is 11.2 Å². The third-order valence-corrected chi connectivity index (χ3v) is 9.91. The maximum absolute atomic E-state index is 10.1. The summed E-state index contributed by atoms with van der Waals surface area (Å²) in [5.74, 6) is 0. The van der Waals surface area contributed by atoms with Crippen molar-refractivity contribution in [3.63, 3.8) is 0 Å². The highest BCUT2D eigenvalue weighted by Gasteiger charge is 2.37. The first-order valence-corrected chi connectivity index (χ1v) is 16.4. The Morgan fingerprint density at radius 1 is 0.528 bits per heavy atom. The first kappa shape index (κ1) is 13.8. The number of fused-ring (bicyclic) bond motifs is 10. The van der Waals surface area contributed by atoms with E-state index < -0.39 is 230 Å². The van der Waals surface area contributed by atoms with Crippen molar-refractivity contribution in [3.05, 3.63) is 191 Å². The Hall–Kier alpha value is -6.44. The minimum absolute atomic E-state index is 0.000443. The van der Waals surface area contributed by atoms with Gasteiger partial charge in [-0.15, -0.1) is 0 Å². The number of furan rings is 1. The van der Waals surface area contributed by atoms with Crippen LogP contribution in [0, 0.1) is 0 Å². The van der Waals surface area contributed by atoms with Crippen LogP contribution in [0.15, 0.2) is 174 Å². The molecule has 0 aliphatic heterocycles. The molecule has 1 nitrogen and oxygen atoms in total. The lowest BCUT2D eigenvalue weighted by Gasteiger charge is -2.25. The zero-order chi connectivity index (χ0) is 58.8. The SMILES string of the molecule is [2H]c1cc(-c2c([2H])c([2H])c([2H])c3c2C(C)(C)c2c([2H])c([2H])c([2H])c([2H])c2-3)c([2H])c(-c2c3c([2H])c([2H])c([2H])c([2H])c3c(Cc3c([2H])c([2H])c([2H])c4oc5c6c([2H])c([2H])c([2H])c([2H])c6c([2H])c([2H])c5c34)c3c([2H])c([2H])c([2H])c([2H])c23)c1[2H]. The van der Waals surface area contributed by atoms with E-state index in [2.05, 4.69) is 0 Å². The summed E-state index contributed by atoms with van der Waals surface area (Å²) in [6.45, 7) is 3.09. The van der Waals surface area contributed by atoms with Crippen LogP contribution in [0.5, 0.6) is 0 Å². The van der Waals surface area contributed by atoms with Crippen molar-refractivity contribution < 1.29 is 41.4 Å². The Kier molecular flexibility index (Phi) is 2.95. The fourth-order valence-electron chi connectivity index (χ4n) is 7.63. The predicted molar refractivity (Wildman–Crippen MR) is 224 cm³/mol. The van der Waals surface area contributed by atoms with Crippen LogP contribution in [0.25, 0.3) is 87.6 Å². The van der Waals surface area contributed by atoms with E-state index >= 15 is 0 Å². The quantitative estimate of drug-likeness (QED) is 0.166. The normalized spacial score (nSPS) is 20.5. The molecule has 1 heterocycles. The summed E-state index contributed by atoms with van der Waals surface area (Å²) in [4.78, 5) is 0. The maximum atomic E-state index is 10.1. The molecule has 0 unspecified atom stereocenters. The summed E-state index contributed by atoms with van der Waals surface area (Å²) in [6, 6.07) is -19.4. The van der Waals surface area contributed by atoms with Gasteiger partial charge >= 0.3 is 0 Å². The second-order valence-corrected chi connectivity index (χ2v) is 13.1. The van der Waals surface area contributed by atoms with E-state index in [0.29, 0.717) is 0 Å². The second-order valence-electron chi connectivity index (χ2n) is 13.1. The standard InChI is InChI=1S/C52H36O/c1-52(2)46-26-10-9-21-40(46)43-25-13-24-36(50(43)52)33-15-11-16-34(30-33)48-41-22-7-5-19-38(41)45(39-20-6-8-23-42(39)48)31-35-17-12-27-47-49(35)44-29-28-32-14-3-4-18-37(32)51(44)53-47/h3-30H,31H2,1-2H3/i3D,4D,5D,6D,7D,8D,9D,10D,11D,12D,13D,14D,16D,17D,18D,19D,20D,21D,22D,23D,24D,25D,26D,27D,28D,29D,30D. The van der Waals surface area contributed by atoms with Crippen LogP contribution in [-0.2, 0) is 11.8 Å². The minimum Gasteiger partial charge on any atom is -0.455 e. The van der Waals surface area contributed by atoms with Gasteiger partial charge in [0.05, 0.1) is 37.0 Å². The van der Waals surface area contributed by atoms with Gasteiger partial charge in [-0.25, -0.2) is 0 Å². The minimum atomic E-state index is -1.52. The number of rotatable bonds is 4. The molecular weight excluding hydrogens is 641 g/mol. The molecule has 250 valence electrons. The largest absolute Gasteiger partial charge is 0.455 e. The zero-order valence-electron chi connectivity index (χ0n) is 54.7. The summed E-state index contributed by atoms with van der Waals surface area (Å²) >= 11 is 0. The van der Waals surface area contributed by atoms with E-state index in [1.54, 1.807) is 13.8 Å². The van der Waals surface area contributed by atoms with Crippen LogP contribution in [0.4, 0.5) is 0 Å². The predicted octanol–water partition coefficient (Wildman–Crippen LogP) is 14.3. The van der Waals surface area contributed by atoms with E-state index in [9.17, 15) is 13.7 Å². The van der Waals surface area contributed by atoms with E-state index in [-0.39, 0.29) is 55.1 Å². The fourth-order valence-corrected chi connectivity index (χ4v) is 7.63. The lowest BCUT2D eigenvalue weighted by atomic mass is 9.78. The molecule has 10 aromatic rings. The summed E-state index contributed by atoms with van der Waals surface area (Å²) in [5, 5.41) is -3.69. The van der Waals surface area contributed by atoms with Crippen LogP contribution >= 0.6 is 0 Å². The van der Waals surface area contributed by atoms with Crippen molar-refractivity contribution in [2.75, 3.05) is 0 Å². The highest BCUT2D eigenvalue weighted by molar-refractivity contribution is 6.18. The van der Waals surface area contributed by atoms with Gasteiger partial charge in [-0.1, -0.05) is 165 Å². The fraction of sp³-hybridized carbons (Fsp3) is 0.0769. The molecule has 53 heavy (non-hydrogen) atoms. The first-order valence-electron chi connectivity index (χ1n) is 29.9. The van der Waals surface area contributed by atoms with Gasteiger partial charge in [0, 0.05) is 21.6 Å². The Labute approximate surface area is 346 Å². The van der Waals surface area contributed by atoms with E-state index in [0.717, 1.165) is 6.07 Å². The lowest BCUT2D eigenvalue weighted by molar-refractivity contribution is 0.662. The van der Waals surface area contributed by atoms with Crippen molar-refractivity contribution in [2.45, 2.75) is 25.7 Å². The highest BCUT2D eigenvalue weighted by Crippen LogP contribution is 2.52. The van der Waals surface area contributed by atoms with Gasteiger partial charge in [-0.3, -0.25) is 0 Å². The van der Waals surface area contributed by atoms with Crippen LogP contribution in [0.2, 0.25) is 0 Å². The molecule has 0 radical (unpaired) electrons. The molecule has 0 amide bonds. The Bertz CT molecular complexity index is 4590. The summed E-state index contributed by atoms with van der Waals surface area (Å²) < 4.78 is 252. The maximum Gasteiger partial charge on any atom is 0.143 e. The number of hydrogen-bond acceptors (Lipinski definition) is 1. The van der Waals surface area contributed by atoms with E-state index in [1.807, 2.05) is 0 Å². The molecule has 9 aromatic carbocycles. The van der Waals surface area contributed by atoms with Crippen molar-refractivity contribution in [1.29, 1.82) is 0 Å². The average Bonchev–Trinajstić information content (AvgIpc) is 3.61. The summed E-state index contributed by atoms with van der Waals surface area (Å²) in [7, 11) is 0. The highest BCUT2D eigenvalue weighted by atomic mass is 16.3. The molecule has 0 fully saturated rings. The third-order valence-electron chi connectivity index (χ3n) is 9.91. The van der Waals surface area contributed by atoms with Gasteiger partial charge < -0.3 is 4.42 Å².